The Hall–Kier alpha value is -2.40. The Bertz CT molecular complexity index is 1040. The second-order valence-corrected chi connectivity index (χ2v) is 7.25. The van der Waals surface area contributed by atoms with Crippen LogP contribution in [0.3, 0.4) is 0 Å². The van der Waals surface area contributed by atoms with Crippen molar-refractivity contribution in [2.24, 2.45) is 0 Å². The molecule has 0 bridgehead atoms. The molecule has 1 aromatic carbocycles. The first-order valence-electron chi connectivity index (χ1n) is 7.94. The Balaban J connectivity index is 1.88. The van der Waals surface area contributed by atoms with Crippen LogP contribution in [0.15, 0.2) is 29.1 Å². The van der Waals surface area contributed by atoms with Crippen LogP contribution in [0.5, 0.6) is 5.75 Å². The summed E-state index contributed by atoms with van der Waals surface area (Å²) in [5.74, 6) is 1.63. The fourth-order valence-electron chi connectivity index (χ4n) is 3.19. The van der Waals surface area contributed by atoms with Crippen LogP contribution in [0.2, 0.25) is 0 Å². The molecule has 3 aromatic rings. The van der Waals surface area contributed by atoms with E-state index in [1.165, 1.54) is 0 Å². The number of hydrogen-bond acceptors (Lipinski definition) is 4. The first kappa shape index (κ1) is 15.1. The monoisotopic (exact) mass is 338 g/mol. The number of nitrogens with zero attached hydrogens (tertiary/aromatic N) is 2. The van der Waals surface area contributed by atoms with Crippen molar-refractivity contribution in [3.63, 3.8) is 0 Å². The third kappa shape index (κ3) is 2.27. The molecule has 1 aliphatic heterocycles. The predicted octanol–water partition coefficient (Wildman–Crippen LogP) is 4.03. The van der Waals surface area contributed by atoms with Gasteiger partial charge in [-0.25, -0.2) is 4.98 Å². The SMILES string of the molecule is COc1cccc(/C=C2\CCn3c2nc2sc(C)c(C)c2c3=O)c1. The number of rotatable bonds is 2. The van der Waals surface area contributed by atoms with Gasteiger partial charge in [-0.2, -0.15) is 0 Å². The quantitative estimate of drug-likeness (QED) is 0.709. The number of hydrogen-bond donors (Lipinski definition) is 0. The molecule has 5 heteroatoms. The summed E-state index contributed by atoms with van der Waals surface area (Å²) < 4.78 is 7.10. The summed E-state index contributed by atoms with van der Waals surface area (Å²) in [5, 5.41) is 0.781. The van der Waals surface area contributed by atoms with E-state index in [-0.39, 0.29) is 5.56 Å². The summed E-state index contributed by atoms with van der Waals surface area (Å²) in [4.78, 5) is 19.6. The van der Waals surface area contributed by atoms with Gasteiger partial charge in [-0.15, -0.1) is 11.3 Å². The van der Waals surface area contributed by atoms with Gasteiger partial charge in [0.15, 0.2) is 0 Å². The van der Waals surface area contributed by atoms with Gasteiger partial charge in [0, 0.05) is 11.4 Å². The lowest BCUT2D eigenvalue weighted by atomic mass is 10.1. The lowest BCUT2D eigenvalue weighted by Crippen LogP contribution is -2.20. The van der Waals surface area contributed by atoms with E-state index in [1.807, 2.05) is 42.7 Å². The molecule has 0 atom stereocenters. The number of aromatic nitrogens is 2. The van der Waals surface area contributed by atoms with Crippen molar-refractivity contribution >= 4 is 33.2 Å². The topological polar surface area (TPSA) is 44.1 Å². The molecule has 2 aromatic heterocycles. The maximum absolute atomic E-state index is 12.8. The first-order valence-corrected chi connectivity index (χ1v) is 8.75. The highest BCUT2D eigenvalue weighted by molar-refractivity contribution is 7.18. The normalized spacial score (nSPS) is 15.2. The highest BCUT2D eigenvalue weighted by Crippen LogP contribution is 2.32. The van der Waals surface area contributed by atoms with E-state index in [2.05, 4.69) is 6.08 Å². The molecule has 0 spiro atoms. The van der Waals surface area contributed by atoms with Crippen LogP contribution in [0.25, 0.3) is 21.9 Å². The Kier molecular flexibility index (Phi) is 3.53. The Morgan fingerprint density at radius 3 is 2.96 bits per heavy atom. The molecule has 0 saturated carbocycles. The average Bonchev–Trinajstić information content (AvgIpc) is 3.10. The Labute approximate surface area is 144 Å². The van der Waals surface area contributed by atoms with Crippen molar-refractivity contribution in [1.29, 1.82) is 0 Å². The zero-order valence-corrected chi connectivity index (χ0v) is 14.7. The van der Waals surface area contributed by atoms with Gasteiger partial charge >= 0.3 is 0 Å². The summed E-state index contributed by atoms with van der Waals surface area (Å²) in [7, 11) is 1.66. The minimum atomic E-state index is 0.0888. The fourth-order valence-corrected chi connectivity index (χ4v) is 4.21. The minimum Gasteiger partial charge on any atom is -0.497 e. The van der Waals surface area contributed by atoms with Crippen molar-refractivity contribution < 1.29 is 4.74 Å². The van der Waals surface area contributed by atoms with Gasteiger partial charge in [0.25, 0.3) is 5.56 Å². The fraction of sp³-hybridized carbons (Fsp3) is 0.263. The van der Waals surface area contributed by atoms with Crippen LogP contribution in [-0.2, 0) is 6.54 Å². The van der Waals surface area contributed by atoms with Gasteiger partial charge in [0.1, 0.15) is 16.4 Å². The summed E-state index contributed by atoms with van der Waals surface area (Å²) in [5.41, 5.74) is 3.32. The maximum atomic E-state index is 12.8. The van der Waals surface area contributed by atoms with Crippen molar-refractivity contribution in [3.8, 4) is 5.75 Å². The van der Waals surface area contributed by atoms with Gasteiger partial charge in [-0.1, -0.05) is 12.1 Å². The molecular formula is C19H18N2O2S. The van der Waals surface area contributed by atoms with E-state index in [0.717, 1.165) is 49.8 Å². The van der Waals surface area contributed by atoms with Crippen LogP contribution < -0.4 is 10.3 Å². The molecule has 0 amide bonds. The smallest absolute Gasteiger partial charge is 0.262 e. The number of aryl methyl sites for hydroxylation is 2. The second kappa shape index (κ2) is 5.60. The molecular weight excluding hydrogens is 320 g/mol. The van der Waals surface area contributed by atoms with Crippen molar-refractivity contribution in [2.75, 3.05) is 7.11 Å². The average molecular weight is 338 g/mol. The van der Waals surface area contributed by atoms with E-state index in [9.17, 15) is 4.79 Å². The van der Waals surface area contributed by atoms with Crippen LogP contribution in [0, 0.1) is 13.8 Å². The van der Waals surface area contributed by atoms with Crippen molar-refractivity contribution in [2.45, 2.75) is 26.8 Å². The predicted molar refractivity (Wildman–Crippen MR) is 98.8 cm³/mol. The zero-order valence-electron chi connectivity index (χ0n) is 13.9. The summed E-state index contributed by atoms with van der Waals surface area (Å²) >= 11 is 1.60. The highest BCUT2D eigenvalue weighted by atomic mass is 32.1. The van der Waals surface area contributed by atoms with Gasteiger partial charge < -0.3 is 4.74 Å². The van der Waals surface area contributed by atoms with Gasteiger partial charge in [0.05, 0.1) is 12.5 Å². The van der Waals surface area contributed by atoms with E-state index in [0.29, 0.717) is 6.54 Å². The third-order valence-electron chi connectivity index (χ3n) is 4.62. The van der Waals surface area contributed by atoms with Gasteiger partial charge in [0.2, 0.25) is 0 Å². The summed E-state index contributed by atoms with van der Waals surface area (Å²) in [6, 6.07) is 7.92. The van der Waals surface area contributed by atoms with Crippen molar-refractivity contribution in [1.82, 2.24) is 9.55 Å². The molecule has 24 heavy (non-hydrogen) atoms. The molecule has 3 heterocycles. The number of methoxy groups -OCH3 is 1. The number of fused-ring (bicyclic) bond motifs is 2. The van der Waals surface area contributed by atoms with Gasteiger partial charge in [-0.05, 0) is 55.2 Å². The molecule has 4 rings (SSSR count). The first-order chi connectivity index (χ1) is 11.6. The molecule has 122 valence electrons. The molecule has 0 aliphatic carbocycles. The molecule has 4 nitrogen and oxygen atoms in total. The van der Waals surface area contributed by atoms with Crippen LogP contribution in [0.1, 0.15) is 28.2 Å². The number of ether oxygens (including phenoxy) is 1. The molecule has 0 unspecified atom stereocenters. The molecule has 0 fully saturated rings. The van der Waals surface area contributed by atoms with Crippen LogP contribution in [-0.4, -0.2) is 16.7 Å². The molecule has 1 aliphatic rings. The minimum absolute atomic E-state index is 0.0888. The van der Waals surface area contributed by atoms with E-state index in [1.54, 1.807) is 18.4 Å². The number of benzene rings is 1. The maximum Gasteiger partial charge on any atom is 0.262 e. The highest BCUT2D eigenvalue weighted by Gasteiger charge is 2.23. The Morgan fingerprint density at radius 2 is 2.17 bits per heavy atom. The van der Waals surface area contributed by atoms with E-state index in [4.69, 9.17) is 9.72 Å². The zero-order chi connectivity index (χ0) is 16.8. The molecule has 0 saturated heterocycles. The summed E-state index contributed by atoms with van der Waals surface area (Å²) in [6.07, 6.45) is 2.93. The molecule has 0 N–H and O–H groups in total. The van der Waals surface area contributed by atoms with E-state index >= 15 is 0 Å². The van der Waals surface area contributed by atoms with Crippen LogP contribution in [0.4, 0.5) is 0 Å². The number of thiophene rings is 1. The van der Waals surface area contributed by atoms with Gasteiger partial charge in [-0.3, -0.25) is 9.36 Å². The largest absolute Gasteiger partial charge is 0.497 e. The third-order valence-corrected chi connectivity index (χ3v) is 5.72. The molecule has 0 radical (unpaired) electrons. The van der Waals surface area contributed by atoms with Crippen LogP contribution >= 0.6 is 11.3 Å². The second-order valence-electron chi connectivity index (χ2n) is 6.05. The standard InChI is InChI=1S/C19H18N2O2S/c1-11-12(2)24-18-16(11)19(22)21-8-7-14(17(21)20-18)9-13-5-4-6-15(10-13)23-3/h4-6,9-10H,7-8H2,1-3H3/b14-9+. The van der Waals surface area contributed by atoms with Crippen molar-refractivity contribution in [3.05, 3.63) is 56.4 Å². The Morgan fingerprint density at radius 1 is 1.33 bits per heavy atom. The lowest BCUT2D eigenvalue weighted by Gasteiger charge is -2.04. The summed E-state index contributed by atoms with van der Waals surface area (Å²) in [6.45, 7) is 4.75. The lowest BCUT2D eigenvalue weighted by molar-refractivity contribution is 0.414. The van der Waals surface area contributed by atoms with E-state index < -0.39 is 0 Å². The number of allylic oxidation sites excluding steroid dienone is 1.